The van der Waals surface area contributed by atoms with Gasteiger partial charge in [0, 0.05) is 19.3 Å². The molecular formula is C8H18O2Si. The fourth-order valence-electron chi connectivity index (χ4n) is 1.87. The van der Waals surface area contributed by atoms with Crippen molar-refractivity contribution in [3.05, 3.63) is 0 Å². The molecule has 0 amide bonds. The minimum Gasteiger partial charge on any atom is -0.400 e. The Morgan fingerprint density at radius 3 is 2.00 bits per heavy atom. The summed E-state index contributed by atoms with van der Waals surface area (Å²) in [5, 5.41) is 0.392. The van der Waals surface area contributed by atoms with Gasteiger partial charge < -0.3 is 8.85 Å². The Morgan fingerprint density at radius 2 is 1.91 bits per heavy atom. The molecule has 1 aliphatic carbocycles. The molecule has 2 unspecified atom stereocenters. The molecule has 0 radical (unpaired) electrons. The van der Waals surface area contributed by atoms with Crippen molar-refractivity contribution in [3.63, 3.8) is 0 Å². The third-order valence-electron chi connectivity index (χ3n) is 3.21. The highest BCUT2D eigenvalue weighted by molar-refractivity contribution is 6.48. The van der Waals surface area contributed by atoms with Gasteiger partial charge in [0.1, 0.15) is 0 Å². The second kappa shape index (κ2) is 3.25. The van der Waals surface area contributed by atoms with Crippen LogP contribution in [0.25, 0.3) is 0 Å². The van der Waals surface area contributed by atoms with E-state index >= 15 is 0 Å². The summed E-state index contributed by atoms with van der Waals surface area (Å²) in [5.41, 5.74) is 0. The lowest BCUT2D eigenvalue weighted by molar-refractivity contribution is 0.147. The zero-order valence-electron chi connectivity index (χ0n) is 7.89. The van der Waals surface area contributed by atoms with Crippen LogP contribution in [0.4, 0.5) is 0 Å². The summed E-state index contributed by atoms with van der Waals surface area (Å²) in [6.45, 7) is 4.59. The first-order valence-electron chi connectivity index (χ1n) is 4.20. The van der Waals surface area contributed by atoms with Crippen LogP contribution in [0.2, 0.25) is 5.04 Å². The molecule has 0 N–H and O–H groups in total. The van der Waals surface area contributed by atoms with E-state index in [1.165, 1.54) is 12.8 Å². The average molecular weight is 174 g/mol. The third-order valence-corrected chi connectivity index (χ3v) is 6.00. The quantitative estimate of drug-likeness (QED) is 0.606. The molecule has 66 valence electrons. The van der Waals surface area contributed by atoms with Gasteiger partial charge >= 0.3 is 9.28 Å². The normalized spacial score (nSPS) is 37.4. The van der Waals surface area contributed by atoms with Gasteiger partial charge in [-0.25, -0.2) is 0 Å². The first-order valence-corrected chi connectivity index (χ1v) is 5.72. The molecule has 0 spiro atoms. The van der Waals surface area contributed by atoms with Crippen molar-refractivity contribution >= 4 is 9.28 Å². The van der Waals surface area contributed by atoms with Gasteiger partial charge in [-0.3, -0.25) is 0 Å². The highest BCUT2D eigenvalue weighted by atomic mass is 28.3. The van der Waals surface area contributed by atoms with Crippen LogP contribution < -0.4 is 0 Å². The maximum absolute atomic E-state index is 5.39. The number of rotatable bonds is 3. The molecule has 1 fully saturated rings. The van der Waals surface area contributed by atoms with Gasteiger partial charge in [-0.1, -0.05) is 13.8 Å². The lowest BCUT2D eigenvalue weighted by Gasteiger charge is -2.47. The average Bonchev–Trinajstić information content (AvgIpc) is 2.04. The van der Waals surface area contributed by atoms with Crippen LogP contribution in [0, 0.1) is 5.92 Å². The van der Waals surface area contributed by atoms with Gasteiger partial charge in [-0.2, -0.15) is 0 Å². The van der Waals surface area contributed by atoms with Gasteiger partial charge in [-0.05, 0) is 18.8 Å². The fourth-order valence-corrected chi connectivity index (χ4v) is 4.18. The topological polar surface area (TPSA) is 18.5 Å². The van der Waals surface area contributed by atoms with E-state index in [0.29, 0.717) is 5.04 Å². The molecule has 11 heavy (non-hydrogen) atoms. The van der Waals surface area contributed by atoms with Crippen LogP contribution in [0.1, 0.15) is 26.7 Å². The zero-order chi connectivity index (χ0) is 8.48. The number of hydrogen-bond acceptors (Lipinski definition) is 2. The standard InChI is InChI=1S/C8H18O2Si/c1-7-5-6-8(7,2)11(9-3)10-4/h7,11H,5-6H2,1-4H3. The Kier molecular flexibility index (Phi) is 2.73. The Bertz CT molecular complexity index is 136. The molecule has 2 nitrogen and oxygen atoms in total. The molecule has 0 heterocycles. The van der Waals surface area contributed by atoms with Crippen molar-refractivity contribution < 1.29 is 8.85 Å². The molecule has 2 atom stereocenters. The molecule has 0 aliphatic heterocycles. The van der Waals surface area contributed by atoms with E-state index in [9.17, 15) is 0 Å². The van der Waals surface area contributed by atoms with Crippen LogP contribution >= 0.6 is 0 Å². The smallest absolute Gasteiger partial charge is 0.327 e. The molecule has 0 aromatic carbocycles. The summed E-state index contributed by atoms with van der Waals surface area (Å²) in [5.74, 6) is 0.791. The largest absolute Gasteiger partial charge is 0.400 e. The van der Waals surface area contributed by atoms with E-state index in [4.69, 9.17) is 8.85 Å². The predicted octanol–water partition coefficient (Wildman–Crippen LogP) is 1.69. The summed E-state index contributed by atoms with van der Waals surface area (Å²) < 4.78 is 10.8. The van der Waals surface area contributed by atoms with Crippen molar-refractivity contribution in [1.82, 2.24) is 0 Å². The summed E-state index contributed by atoms with van der Waals surface area (Å²) in [7, 11) is 2.18. The summed E-state index contributed by atoms with van der Waals surface area (Å²) >= 11 is 0. The molecule has 1 saturated carbocycles. The first-order chi connectivity index (χ1) is 5.15. The highest BCUT2D eigenvalue weighted by Crippen LogP contribution is 2.54. The lowest BCUT2D eigenvalue weighted by Crippen LogP contribution is -2.45. The molecule has 0 aromatic heterocycles. The first kappa shape index (κ1) is 9.23. The molecule has 1 aliphatic rings. The summed E-state index contributed by atoms with van der Waals surface area (Å²) in [6.07, 6.45) is 2.62. The third kappa shape index (κ3) is 1.37. The van der Waals surface area contributed by atoms with Crippen molar-refractivity contribution in [2.75, 3.05) is 14.2 Å². The van der Waals surface area contributed by atoms with Crippen molar-refractivity contribution in [1.29, 1.82) is 0 Å². The second-order valence-corrected chi connectivity index (χ2v) is 6.67. The Labute approximate surface area is 70.7 Å². The SMILES string of the molecule is CO[SiH](OC)C1(C)CCC1C. The van der Waals surface area contributed by atoms with Crippen molar-refractivity contribution in [2.45, 2.75) is 31.7 Å². The van der Waals surface area contributed by atoms with Crippen LogP contribution in [0.15, 0.2) is 0 Å². The summed E-state index contributed by atoms with van der Waals surface area (Å²) in [4.78, 5) is 0. The Hall–Kier alpha value is 0.137. The van der Waals surface area contributed by atoms with E-state index in [0.717, 1.165) is 5.92 Å². The maximum atomic E-state index is 5.39. The molecule has 3 heteroatoms. The second-order valence-electron chi connectivity index (χ2n) is 3.75. The Morgan fingerprint density at radius 1 is 1.36 bits per heavy atom. The van der Waals surface area contributed by atoms with E-state index in [2.05, 4.69) is 13.8 Å². The van der Waals surface area contributed by atoms with Gasteiger partial charge in [0.05, 0.1) is 0 Å². The molecule has 0 bridgehead atoms. The van der Waals surface area contributed by atoms with Crippen LogP contribution in [-0.4, -0.2) is 23.5 Å². The van der Waals surface area contributed by atoms with Crippen LogP contribution in [0.5, 0.6) is 0 Å². The monoisotopic (exact) mass is 174 g/mol. The number of hydrogen-bond donors (Lipinski definition) is 0. The Balaban J connectivity index is 2.55. The molecule has 0 aromatic rings. The minimum absolute atomic E-state index is 0.392. The maximum Gasteiger partial charge on any atom is 0.327 e. The van der Waals surface area contributed by atoms with Crippen molar-refractivity contribution in [3.8, 4) is 0 Å². The van der Waals surface area contributed by atoms with E-state index < -0.39 is 9.28 Å². The highest BCUT2D eigenvalue weighted by Gasteiger charge is 2.48. The molecule has 0 saturated heterocycles. The van der Waals surface area contributed by atoms with Crippen molar-refractivity contribution in [2.24, 2.45) is 5.92 Å². The van der Waals surface area contributed by atoms with Gasteiger partial charge in [0.25, 0.3) is 0 Å². The van der Waals surface area contributed by atoms with E-state index in [1.54, 1.807) is 14.2 Å². The van der Waals surface area contributed by atoms with Gasteiger partial charge in [0.15, 0.2) is 0 Å². The van der Waals surface area contributed by atoms with E-state index in [1.807, 2.05) is 0 Å². The van der Waals surface area contributed by atoms with Crippen LogP contribution in [0.3, 0.4) is 0 Å². The minimum atomic E-state index is -1.37. The van der Waals surface area contributed by atoms with Gasteiger partial charge in [0.2, 0.25) is 0 Å². The van der Waals surface area contributed by atoms with Crippen LogP contribution in [-0.2, 0) is 8.85 Å². The fraction of sp³-hybridized carbons (Fsp3) is 1.00. The molecular weight excluding hydrogens is 156 g/mol. The van der Waals surface area contributed by atoms with Gasteiger partial charge in [-0.15, -0.1) is 0 Å². The molecule has 1 rings (SSSR count). The summed E-state index contributed by atoms with van der Waals surface area (Å²) in [6, 6.07) is 0. The zero-order valence-corrected chi connectivity index (χ0v) is 9.04. The predicted molar refractivity (Wildman–Crippen MR) is 47.9 cm³/mol. The lowest BCUT2D eigenvalue weighted by atomic mass is 9.75. The van der Waals surface area contributed by atoms with E-state index in [-0.39, 0.29) is 0 Å².